The van der Waals surface area contributed by atoms with Gasteiger partial charge in [-0.15, -0.1) is 0 Å². The SMILES string of the molecule is COC(=O)C1(C(=O)c2cc(C)ccc2C)CC1. The molecule has 0 radical (unpaired) electrons. The summed E-state index contributed by atoms with van der Waals surface area (Å²) in [4.78, 5) is 24.1. The van der Waals surface area contributed by atoms with Gasteiger partial charge in [-0.3, -0.25) is 9.59 Å². The third-order valence-electron chi connectivity index (χ3n) is 3.40. The summed E-state index contributed by atoms with van der Waals surface area (Å²) in [6, 6.07) is 5.72. The van der Waals surface area contributed by atoms with E-state index in [0.29, 0.717) is 18.4 Å². The van der Waals surface area contributed by atoms with E-state index in [1.54, 1.807) is 0 Å². The maximum absolute atomic E-state index is 12.4. The molecule has 17 heavy (non-hydrogen) atoms. The molecule has 1 saturated carbocycles. The van der Waals surface area contributed by atoms with Crippen LogP contribution < -0.4 is 0 Å². The first-order valence-electron chi connectivity index (χ1n) is 5.72. The molecule has 1 aromatic rings. The molecule has 1 aliphatic carbocycles. The first-order valence-corrected chi connectivity index (χ1v) is 5.72. The lowest BCUT2D eigenvalue weighted by Crippen LogP contribution is -2.27. The Bertz CT molecular complexity index is 484. The van der Waals surface area contributed by atoms with Crippen LogP contribution in [0.4, 0.5) is 0 Å². The molecular weight excluding hydrogens is 216 g/mol. The molecule has 3 nitrogen and oxygen atoms in total. The number of ether oxygens (including phenoxy) is 1. The minimum absolute atomic E-state index is 0.0921. The van der Waals surface area contributed by atoms with E-state index in [1.807, 2.05) is 32.0 Å². The highest BCUT2D eigenvalue weighted by atomic mass is 16.5. The van der Waals surface area contributed by atoms with Crippen LogP contribution in [-0.2, 0) is 9.53 Å². The van der Waals surface area contributed by atoms with Crippen LogP contribution in [0, 0.1) is 19.3 Å². The number of esters is 1. The first-order chi connectivity index (χ1) is 8.01. The molecule has 3 heteroatoms. The van der Waals surface area contributed by atoms with Gasteiger partial charge in [0.25, 0.3) is 0 Å². The summed E-state index contributed by atoms with van der Waals surface area (Å²) >= 11 is 0. The topological polar surface area (TPSA) is 43.4 Å². The van der Waals surface area contributed by atoms with Gasteiger partial charge in [-0.25, -0.2) is 0 Å². The molecule has 0 saturated heterocycles. The van der Waals surface area contributed by atoms with Crippen LogP contribution in [0.5, 0.6) is 0 Å². The molecule has 0 aliphatic heterocycles. The van der Waals surface area contributed by atoms with Crippen molar-refractivity contribution in [3.63, 3.8) is 0 Å². The molecule has 0 spiro atoms. The lowest BCUT2D eigenvalue weighted by molar-refractivity contribution is -0.145. The highest BCUT2D eigenvalue weighted by molar-refractivity contribution is 6.15. The van der Waals surface area contributed by atoms with Crippen LogP contribution in [0.25, 0.3) is 0 Å². The van der Waals surface area contributed by atoms with Gasteiger partial charge in [0.2, 0.25) is 0 Å². The normalized spacial score (nSPS) is 16.4. The van der Waals surface area contributed by atoms with Crippen molar-refractivity contribution in [2.24, 2.45) is 5.41 Å². The van der Waals surface area contributed by atoms with Crippen LogP contribution in [0.15, 0.2) is 18.2 Å². The fraction of sp³-hybridized carbons (Fsp3) is 0.429. The zero-order valence-electron chi connectivity index (χ0n) is 10.4. The first kappa shape index (κ1) is 11.8. The molecule has 0 N–H and O–H groups in total. The fourth-order valence-electron chi connectivity index (χ4n) is 2.08. The standard InChI is InChI=1S/C14H16O3/c1-9-4-5-10(2)11(8-9)12(15)14(6-7-14)13(16)17-3/h4-5,8H,6-7H2,1-3H3. The monoisotopic (exact) mass is 232 g/mol. The lowest BCUT2D eigenvalue weighted by atomic mass is 9.91. The molecule has 0 atom stereocenters. The Kier molecular flexibility index (Phi) is 2.77. The molecule has 0 amide bonds. The fourth-order valence-corrected chi connectivity index (χ4v) is 2.08. The number of benzene rings is 1. The van der Waals surface area contributed by atoms with Crippen molar-refractivity contribution in [3.8, 4) is 0 Å². The van der Waals surface area contributed by atoms with E-state index in [0.717, 1.165) is 11.1 Å². The summed E-state index contributed by atoms with van der Waals surface area (Å²) in [5.74, 6) is -0.492. The van der Waals surface area contributed by atoms with Gasteiger partial charge in [-0.1, -0.05) is 17.7 Å². The van der Waals surface area contributed by atoms with E-state index < -0.39 is 11.4 Å². The number of aryl methyl sites for hydroxylation is 2. The number of carbonyl (C=O) groups excluding carboxylic acids is 2. The zero-order valence-corrected chi connectivity index (χ0v) is 10.4. The molecule has 0 unspecified atom stereocenters. The number of methoxy groups -OCH3 is 1. The van der Waals surface area contributed by atoms with E-state index in [9.17, 15) is 9.59 Å². The number of carbonyl (C=O) groups is 2. The highest BCUT2D eigenvalue weighted by Gasteiger charge is 2.57. The molecule has 0 aromatic heterocycles. The van der Waals surface area contributed by atoms with E-state index in [4.69, 9.17) is 4.74 Å². The second kappa shape index (κ2) is 3.99. The molecule has 2 rings (SSSR count). The smallest absolute Gasteiger partial charge is 0.319 e. The van der Waals surface area contributed by atoms with Gasteiger partial charge in [-0.05, 0) is 38.3 Å². The van der Waals surface area contributed by atoms with Gasteiger partial charge in [-0.2, -0.15) is 0 Å². The Hall–Kier alpha value is -1.64. The molecular formula is C14H16O3. The van der Waals surface area contributed by atoms with Crippen LogP contribution in [-0.4, -0.2) is 18.9 Å². The Balaban J connectivity index is 2.38. The number of ketones is 1. The van der Waals surface area contributed by atoms with Gasteiger partial charge < -0.3 is 4.74 Å². The van der Waals surface area contributed by atoms with Crippen molar-refractivity contribution in [2.45, 2.75) is 26.7 Å². The Morgan fingerprint density at radius 3 is 2.41 bits per heavy atom. The zero-order chi connectivity index (χ0) is 12.6. The number of rotatable bonds is 3. The molecule has 90 valence electrons. The average Bonchev–Trinajstić information content (AvgIpc) is 3.11. The third kappa shape index (κ3) is 1.86. The lowest BCUT2D eigenvalue weighted by Gasteiger charge is -2.13. The van der Waals surface area contributed by atoms with Crippen LogP contribution in [0.2, 0.25) is 0 Å². The van der Waals surface area contributed by atoms with Crippen molar-refractivity contribution in [1.82, 2.24) is 0 Å². The minimum Gasteiger partial charge on any atom is -0.468 e. The maximum Gasteiger partial charge on any atom is 0.319 e. The summed E-state index contributed by atoms with van der Waals surface area (Å²) in [6.07, 6.45) is 1.21. The van der Waals surface area contributed by atoms with Gasteiger partial charge >= 0.3 is 5.97 Å². The predicted octanol–water partition coefficient (Wildman–Crippen LogP) is 2.44. The summed E-state index contributed by atoms with van der Waals surface area (Å²) in [5.41, 5.74) is 1.69. The summed E-state index contributed by atoms with van der Waals surface area (Å²) in [5, 5.41) is 0. The highest BCUT2D eigenvalue weighted by Crippen LogP contribution is 2.49. The summed E-state index contributed by atoms with van der Waals surface area (Å²) < 4.78 is 4.73. The van der Waals surface area contributed by atoms with E-state index in [2.05, 4.69) is 0 Å². The van der Waals surface area contributed by atoms with Gasteiger partial charge in [0.1, 0.15) is 5.41 Å². The largest absolute Gasteiger partial charge is 0.468 e. The van der Waals surface area contributed by atoms with Crippen molar-refractivity contribution in [3.05, 3.63) is 34.9 Å². The van der Waals surface area contributed by atoms with Crippen LogP contribution >= 0.6 is 0 Å². The predicted molar refractivity (Wildman–Crippen MR) is 63.9 cm³/mol. The van der Waals surface area contributed by atoms with E-state index in [1.165, 1.54) is 7.11 Å². The molecule has 1 aliphatic rings. The molecule has 0 bridgehead atoms. The Morgan fingerprint density at radius 1 is 1.24 bits per heavy atom. The average molecular weight is 232 g/mol. The number of hydrogen-bond acceptors (Lipinski definition) is 3. The van der Waals surface area contributed by atoms with E-state index in [-0.39, 0.29) is 5.78 Å². The molecule has 1 aromatic carbocycles. The molecule has 0 heterocycles. The summed E-state index contributed by atoms with van der Waals surface area (Å²) in [6.45, 7) is 3.83. The third-order valence-corrected chi connectivity index (χ3v) is 3.40. The quantitative estimate of drug-likeness (QED) is 0.456. The van der Waals surface area contributed by atoms with Crippen molar-refractivity contribution < 1.29 is 14.3 Å². The van der Waals surface area contributed by atoms with Crippen molar-refractivity contribution in [2.75, 3.05) is 7.11 Å². The van der Waals surface area contributed by atoms with Gasteiger partial charge in [0.05, 0.1) is 7.11 Å². The molecule has 1 fully saturated rings. The summed E-state index contributed by atoms with van der Waals surface area (Å²) in [7, 11) is 1.33. The number of Topliss-reactive ketones (excluding diaryl/α,β-unsaturated/α-hetero) is 1. The van der Waals surface area contributed by atoms with Crippen LogP contribution in [0.3, 0.4) is 0 Å². The van der Waals surface area contributed by atoms with Crippen molar-refractivity contribution >= 4 is 11.8 Å². The minimum atomic E-state index is -0.896. The Morgan fingerprint density at radius 2 is 1.88 bits per heavy atom. The van der Waals surface area contributed by atoms with Crippen LogP contribution in [0.1, 0.15) is 34.3 Å². The second-order valence-corrected chi connectivity index (χ2v) is 4.72. The Labute approximate surface area is 101 Å². The van der Waals surface area contributed by atoms with Gasteiger partial charge in [0.15, 0.2) is 5.78 Å². The maximum atomic E-state index is 12.4. The van der Waals surface area contributed by atoms with Gasteiger partial charge in [0, 0.05) is 5.56 Å². The number of hydrogen-bond donors (Lipinski definition) is 0. The second-order valence-electron chi connectivity index (χ2n) is 4.72. The van der Waals surface area contributed by atoms with E-state index >= 15 is 0 Å². The van der Waals surface area contributed by atoms with Crippen molar-refractivity contribution in [1.29, 1.82) is 0 Å².